The van der Waals surface area contributed by atoms with Crippen LogP contribution in [0.15, 0.2) is 47.2 Å². The summed E-state index contributed by atoms with van der Waals surface area (Å²) in [6.07, 6.45) is 1.50. The summed E-state index contributed by atoms with van der Waals surface area (Å²) in [7, 11) is 4.20. The molecule has 0 aliphatic rings. The second-order valence-corrected chi connectivity index (χ2v) is 5.42. The third kappa shape index (κ3) is 1.62. The van der Waals surface area contributed by atoms with Crippen LogP contribution in [-0.4, -0.2) is 9.55 Å². The van der Waals surface area contributed by atoms with Gasteiger partial charge in [0, 0.05) is 0 Å². The van der Waals surface area contributed by atoms with Gasteiger partial charge in [-0.05, 0) is 36.8 Å². The van der Waals surface area contributed by atoms with Crippen LogP contribution in [0.1, 0.15) is 5.56 Å². The summed E-state index contributed by atoms with van der Waals surface area (Å²) in [4.78, 5) is 4.22. The Labute approximate surface area is 122 Å². The first-order chi connectivity index (χ1) is 10.2. The summed E-state index contributed by atoms with van der Waals surface area (Å²) in [6.45, 7) is 2.11. The molecule has 0 unspecified atom stereocenters. The normalized spacial score (nSPS) is 11.6. The Morgan fingerprint density at radius 2 is 2.00 bits per heavy atom. The summed E-state index contributed by atoms with van der Waals surface area (Å²) in [6, 6.07) is 12.6. The molecule has 0 radical (unpaired) electrons. The Kier molecular flexibility index (Phi) is 2.42. The number of nitrogens with zero attached hydrogens (tertiary/aromatic N) is 3. The number of fused-ring (bicyclic) bond motifs is 2. The van der Waals surface area contributed by atoms with Crippen molar-refractivity contribution in [3.8, 4) is 11.4 Å². The van der Waals surface area contributed by atoms with Crippen LogP contribution in [-0.2, 0) is 14.1 Å². The van der Waals surface area contributed by atoms with Crippen LogP contribution in [0.25, 0.3) is 33.5 Å². The number of aryl methyl sites for hydroxylation is 3. The molecule has 2 heterocycles. The Bertz CT molecular complexity index is 939. The highest BCUT2D eigenvalue weighted by molar-refractivity contribution is 5.82. The number of hydrogen-bond acceptors (Lipinski definition) is 2. The summed E-state index contributed by atoms with van der Waals surface area (Å²) >= 11 is 0. The molecule has 0 spiro atoms. The zero-order valence-electron chi connectivity index (χ0n) is 12.3. The molecule has 0 N–H and O–H groups in total. The molecular formula is C17H16N3O+. The Hall–Kier alpha value is -2.62. The minimum absolute atomic E-state index is 0.820. The van der Waals surface area contributed by atoms with Crippen LogP contribution in [0.5, 0.6) is 0 Å². The quantitative estimate of drug-likeness (QED) is 0.501. The second kappa shape index (κ2) is 4.19. The molecule has 2 aromatic heterocycles. The van der Waals surface area contributed by atoms with Gasteiger partial charge in [0.25, 0.3) is 5.82 Å². The van der Waals surface area contributed by atoms with Gasteiger partial charge in [-0.2, -0.15) is 0 Å². The van der Waals surface area contributed by atoms with Crippen LogP contribution in [0.3, 0.4) is 0 Å². The van der Waals surface area contributed by atoms with Crippen LogP contribution in [0, 0.1) is 6.92 Å². The van der Waals surface area contributed by atoms with Crippen molar-refractivity contribution in [3.63, 3.8) is 0 Å². The molecule has 0 bridgehead atoms. The van der Waals surface area contributed by atoms with E-state index in [1.165, 1.54) is 28.6 Å². The molecule has 4 heteroatoms. The smallest absolute Gasteiger partial charge is 0.289 e. The third-order valence-corrected chi connectivity index (χ3v) is 4.16. The van der Waals surface area contributed by atoms with Gasteiger partial charge in [0.1, 0.15) is 5.52 Å². The van der Waals surface area contributed by atoms with Gasteiger partial charge in [0.15, 0.2) is 23.0 Å². The zero-order chi connectivity index (χ0) is 14.6. The fourth-order valence-electron chi connectivity index (χ4n) is 3.09. The van der Waals surface area contributed by atoms with Crippen LogP contribution in [0.4, 0.5) is 0 Å². The number of benzene rings is 2. The molecule has 0 aliphatic heterocycles. The standard InChI is InChI=1S/C17H16N3O/c1-11-8-13-16(21-10-18-13)9-12(11)17-19(2)14-6-4-5-7-15(14)20(17)3/h4-10H,1-3H3/q+1. The van der Waals surface area contributed by atoms with Gasteiger partial charge < -0.3 is 4.42 Å². The van der Waals surface area contributed by atoms with E-state index in [-0.39, 0.29) is 0 Å². The predicted molar refractivity (Wildman–Crippen MR) is 81.8 cm³/mol. The highest BCUT2D eigenvalue weighted by Gasteiger charge is 2.23. The number of imidazole rings is 1. The Morgan fingerprint density at radius 1 is 1.19 bits per heavy atom. The van der Waals surface area contributed by atoms with Crippen LogP contribution in [0.2, 0.25) is 0 Å². The first-order valence-electron chi connectivity index (χ1n) is 6.94. The average Bonchev–Trinajstić information content (AvgIpc) is 3.03. The molecule has 4 nitrogen and oxygen atoms in total. The van der Waals surface area contributed by atoms with E-state index in [2.05, 4.69) is 71.5 Å². The monoisotopic (exact) mass is 278 g/mol. The number of para-hydroxylation sites is 2. The van der Waals surface area contributed by atoms with E-state index in [1.54, 1.807) is 0 Å². The van der Waals surface area contributed by atoms with Gasteiger partial charge in [-0.25, -0.2) is 14.1 Å². The fraction of sp³-hybridized carbons (Fsp3) is 0.176. The second-order valence-electron chi connectivity index (χ2n) is 5.42. The molecule has 0 saturated heterocycles. The number of rotatable bonds is 1. The van der Waals surface area contributed by atoms with Crippen molar-refractivity contribution >= 4 is 22.1 Å². The SMILES string of the molecule is Cc1cc2ncoc2cc1-c1n(C)c2ccccc2[n+]1C. The molecule has 0 fully saturated rings. The number of oxazole rings is 1. The maximum atomic E-state index is 5.46. The molecule has 4 rings (SSSR count). The van der Waals surface area contributed by atoms with E-state index >= 15 is 0 Å². The van der Waals surface area contributed by atoms with E-state index in [9.17, 15) is 0 Å². The number of aromatic nitrogens is 3. The van der Waals surface area contributed by atoms with Gasteiger partial charge in [-0.15, -0.1) is 0 Å². The Balaban J connectivity index is 2.10. The van der Waals surface area contributed by atoms with E-state index in [4.69, 9.17) is 4.42 Å². The van der Waals surface area contributed by atoms with Crippen LogP contribution < -0.4 is 4.57 Å². The summed E-state index contributed by atoms with van der Waals surface area (Å²) < 4.78 is 9.90. The van der Waals surface area contributed by atoms with Crippen molar-refractivity contribution in [2.24, 2.45) is 14.1 Å². The van der Waals surface area contributed by atoms with Crippen molar-refractivity contribution in [1.29, 1.82) is 0 Å². The van der Waals surface area contributed by atoms with E-state index in [0.29, 0.717) is 0 Å². The van der Waals surface area contributed by atoms with E-state index in [0.717, 1.165) is 16.9 Å². The van der Waals surface area contributed by atoms with Gasteiger partial charge in [0.2, 0.25) is 0 Å². The largest absolute Gasteiger partial charge is 0.443 e. The molecule has 2 aromatic carbocycles. The van der Waals surface area contributed by atoms with E-state index < -0.39 is 0 Å². The summed E-state index contributed by atoms with van der Waals surface area (Å²) in [5.41, 5.74) is 6.51. The third-order valence-electron chi connectivity index (χ3n) is 4.16. The molecule has 104 valence electrons. The lowest BCUT2D eigenvalue weighted by atomic mass is 10.1. The van der Waals surface area contributed by atoms with Crippen molar-refractivity contribution < 1.29 is 8.98 Å². The maximum Gasteiger partial charge on any atom is 0.289 e. The summed E-state index contributed by atoms with van der Waals surface area (Å²) in [5, 5.41) is 0. The van der Waals surface area contributed by atoms with Crippen LogP contribution >= 0.6 is 0 Å². The number of hydrogen-bond donors (Lipinski definition) is 0. The highest BCUT2D eigenvalue weighted by atomic mass is 16.3. The first-order valence-corrected chi connectivity index (χ1v) is 6.94. The zero-order valence-corrected chi connectivity index (χ0v) is 12.3. The molecule has 0 atom stereocenters. The average molecular weight is 278 g/mol. The van der Waals surface area contributed by atoms with Gasteiger partial charge in [-0.1, -0.05) is 12.1 Å². The Morgan fingerprint density at radius 3 is 2.81 bits per heavy atom. The topological polar surface area (TPSA) is 34.8 Å². The maximum absolute atomic E-state index is 5.46. The van der Waals surface area contributed by atoms with Gasteiger partial charge in [0.05, 0.1) is 19.7 Å². The minimum Gasteiger partial charge on any atom is -0.443 e. The minimum atomic E-state index is 0.820. The molecular weight excluding hydrogens is 262 g/mol. The molecule has 0 aliphatic carbocycles. The lowest BCUT2D eigenvalue weighted by Crippen LogP contribution is -2.30. The molecule has 4 aromatic rings. The lowest BCUT2D eigenvalue weighted by molar-refractivity contribution is -0.634. The predicted octanol–water partition coefficient (Wildman–Crippen LogP) is 3.12. The first kappa shape index (κ1) is 12.1. The lowest BCUT2D eigenvalue weighted by Gasteiger charge is -2.03. The highest BCUT2D eigenvalue weighted by Crippen LogP contribution is 2.28. The molecule has 0 saturated carbocycles. The van der Waals surface area contributed by atoms with Crippen molar-refractivity contribution in [3.05, 3.63) is 48.4 Å². The fourth-order valence-corrected chi connectivity index (χ4v) is 3.09. The van der Waals surface area contributed by atoms with Crippen molar-refractivity contribution in [2.75, 3.05) is 0 Å². The van der Waals surface area contributed by atoms with Crippen molar-refractivity contribution in [2.45, 2.75) is 6.92 Å². The van der Waals surface area contributed by atoms with Gasteiger partial charge >= 0.3 is 0 Å². The van der Waals surface area contributed by atoms with E-state index in [1.807, 2.05) is 0 Å². The van der Waals surface area contributed by atoms with Crippen molar-refractivity contribution in [1.82, 2.24) is 9.55 Å². The van der Waals surface area contributed by atoms with Gasteiger partial charge in [-0.3, -0.25) is 0 Å². The summed E-state index contributed by atoms with van der Waals surface area (Å²) in [5.74, 6) is 1.16. The molecule has 0 amide bonds. The molecule has 21 heavy (non-hydrogen) atoms.